The molecule has 13 heavy (non-hydrogen) atoms. The molecule has 1 atom stereocenters. The van der Waals surface area contributed by atoms with Gasteiger partial charge in [-0.3, -0.25) is 4.79 Å². The van der Waals surface area contributed by atoms with Gasteiger partial charge in [0.1, 0.15) is 5.41 Å². The van der Waals surface area contributed by atoms with E-state index in [0.717, 1.165) is 0 Å². The monoisotopic (exact) mass is 192 g/mol. The third-order valence-corrected chi connectivity index (χ3v) is 2.81. The smallest absolute Gasteiger partial charge is 0.274 e. The summed E-state index contributed by atoms with van der Waals surface area (Å²) in [6.45, 7) is 1.32. The van der Waals surface area contributed by atoms with Crippen LogP contribution in [0.1, 0.15) is 13.3 Å². The highest BCUT2D eigenvalue weighted by molar-refractivity contribution is 5.81. The van der Waals surface area contributed by atoms with E-state index < -0.39 is 23.8 Å². The lowest BCUT2D eigenvalue weighted by atomic mass is 9.76. The fourth-order valence-corrected chi connectivity index (χ4v) is 1.49. The summed E-state index contributed by atoms with van der Waals surface area (Å²) in [6, 6.07) is 0. The van der Waals surface area contributed by atoms with Crippen LogP contribution in [0.2, 0.25) is 0 Å². The van der Waals surface area contributed by atoms with Crippen molar-refractivity contribution >= 4 is 5.91 Å². The number of nitrogens with two attached hydrogens (primary N) is 1. The standard InChI is InChI=1S/C8H14F2N2O/c1-7(6(11)13)3-4-12(2)5-8(7,9)10/h3-5H2,1-2H3,(H2,11,13). The van der Waals surface area contributed by atoms with E-state index in [0.29, 0.717) is 6.54 Å². The van der Waals surface area contributed by atoms with E-state index in [-0.39, 0.29) is 6.42 Å². The molecule has 1 saturated heterocycles. The van der Waals surface area contributed by atoms with Gasteiger partial charge in [0.2, 0.25) is 5.91 Å². The van der Waals surface area contributed by atoms with Gasteiger partial charge in [-0.05, 0) is 26.9 Å². The number of likely N-dealkylation sites (tertiary alicyclic amines) is 1. The highest BCUT2D eigenvalue weighted by Gasteiger charge is 2.56. The van der Waals surface area contributed by atoms with Crippen LogP contribution in [-0.4, -0.2) is 36.9 Å². The molecule has 0 aromatic rings. The van der Waals surface area contributed by atoms with Gasteiger partial charge in [0.15, 0.2) is 0 Å². The Bertz CT molecular complexity index is 232. The van der Waals surface area contributed by atoms with E-state index in [1.165, 1.54) is 11.8 Å². The number of hydrogen-bond donors (Lipinski definition) is 1. The highest BCUT2D eigenvalue weighted by atomic mass is 19.3. The fraction of sp³-hybridized carbons (Fsp3) is 0.875. The summed E-state index contributed by atoms with van der Waals surface area (Å²) < 4.78 is 26.8. The molecular formula is C8H14F2N2O. The van der Waals surface area contributed by atoms with E-state index in [1.807, 2.05) is 0 Å². The summed E-state index contributed by atoms with van der Waals surface area (Å²) in [4.78, 5) is 12.4. The topological polar surface area (TPSA) is 46.3 Å². The van der Waals surface area contributed by atoms with E-state index in [2.05, 4.69) is 0 Å². The van der Waals surface area contributed by atoms with Crippen LogP contribution in [0.4, 0.5) is 8.78 Å². The highest BCUT2D eigenvalue weighted by Crippen LogP contribution is 2.42. The van der Waals surface area contributed by atoms with Gasteiger partial charge < -0.3 is 10.6 Å². The van der Waals surface area contributed by atoms with Crippen molar-refractivity contribution in [2.24, 2.45) is 11.1 Å². The predicted octanol–water partition coefficient (Wildman–Crippen LogP) is 0.449. The van der Waals surface area contributed by atoms with Gasteiger partial charge in [0.25, 0.3) is 5.92 Å². The van der Waals surface area contributed by atoms with Gasteiger partial charge >= 0.3 is 0 Å². The van der Waals surface area contributed by atoms with Crippen molar-refractivity contribution in [3.05, 3.63) is 0 Å². The summed E-state index contributed by atoms with van der Waals surface area (Å²) in [7, 11) is 1.61. The maximum atomic E-state index is 13.4. The van der Waals surface area contributed by atoms with E-state index in [1.54, 1.807) is 7.05 Å². The minimum Gasteiger partial charge on any atom is -0.369 e. The Labute approximate surface area is 75.9 Å². The number of rotatable bonds is 1. The molecule has 0 aliphatic carbocycles. The van der Waals surface area contributed by atoms with Gasteiger partial charge in [0.05, 0.1) is 6.54 Å². The normalized spacial score (nSPS) is 34.5. The molecule has 0 saturated carbocycles. The number of hydrogen-bond acceptors (Lipinski definition) is 2. The first-order valence-corrected chi connectivity index (χ1v) is 4.16. The molecule has 0 radical (unpaired) electrons. The molecule has 1 unspecified atom stereocenters. The third-order valence-electron chi connectivity index (χ3n) is 2.81. The molecule has 76 valence electrons. The molecule has 1 aliphatic heterocycles. The number of primary amides is 1. The van der Waals surface area contributed by atoms with Crippen LogP contribution in [-0.2, 0) is 4.79 Å². The molecule has 3 nitrogen and oxygen atoms in total. The van der Waals surface area contributed by atoms with Crippen molar-refractivity contribution in [1.82, 2.24) is 4.90 Å². The Morgan fingerprint density at radius 1 is 1.54 bits per heavy atom. The van der Waals surface area contributed by atoms with Crippen LogP contribution in [0.25, 0.3) is 0 Å². The summed E-state index contributed by atoms with van der Waals surface area (Å²) in [5, 5.41) is 0. The average molecular weight is 192 g/mol. The molecule has 1 amide bonds. The van der Waals surface area contributed by atoms with Gasteiger partial charge in [-0.15, -0.1) is 0 Å². The van der Waals surface area contributed by atoms with Crippen molar-refractivity contribution in [3.63, 3.8) is 0 Å². The Morgan fingerprint density at radius 2 is 2.08 bits per heavy atom. The van der Waals surface area contributed by atoms with Crippen molar-refractivity contribution < 1.29 is 13.6 Å². The number of alkyl halides is 2. The quantitative estimate of drug-likeness (QED) is 0.655. The van der Waals surface area contributed by atoms with Crippen LogP contribution in [0.5, 0.6) is 0 Å². The lowest BCUT2D eigenvalue weighted by Gasteiger charge is -2.42. The lowest BCUT2D eigenvalue weighted by Crippen LogP contribution is -2.58. The van der Waals surface area contributed by atoms with E-state index in [9.17, 15) is 13.6 Å². The zero-order valence-electron chi connectivity index (χ0n) is 7.81. The average Bonchev–Trinajstić information content (AvgIpc) is 1.96. The molecule has 5 heteroatoms. The van der Waals surface area contributed by atoms with Gasteiger partial charge in [-0.2, -0.15) is 0 Å². The molecule has 1 aliphatic rings. The van der Waals surface area contributed by atoms with Crippen LogP contribution in [0.3, 0.4) is 0 Å². The summed E-state index contributed by atoms with van der Waals surface area (Å²) in [5.74, 6) is -3.93. The van der Waals surface area contributed by atoms with Crippen LogP contribution in [0.15, 0.2) is 0 Å². The first kappa shape index (κ1) is 10.4. The first-order chi connectivity index (χ1) is 5.79. The minimum absolute atomic E-state index is 0.117. The molecule has 0 bridgehead atoms. The number of carbonyl (C=O) groups excluding carboxylic acids is 1. The van der Waals surface area contributed by atoms with E-state index in [4.69, 9.17) is 5.73 Å². The number of piperidine rings is 1. The van der Waals surface area contributed by atoms with Crippen molar-refractivity contribution in [1.29, 1.82) is 0 Å². The summed E-state index contributed by atoms with van der Waals surface area (Å²) >= 11 is 0. The Hall–Kier alpha value is -0.710. The number of amides is 1. The molecule has 2 N–H and O–H groups in total. The predicted molar refractivity (Wildman–Crippen MR) is 44.4 cm³/mol. The van der Waals surface area contributed by atoms with Crippen molar-refractivity contribution in [2.45, 2.75) is 19.3 Å². The molecule has 0 aromatic carbocycles. The van der Waals surface area contributed by atoms with Crippen molar-refractivity contribution in [2.75, 3.05) is 20.1 Å². The van der Waals surface area contributed by atoms with Crippen LogP contribution < -0.4 is 5.73 Å². The second-order valence-electron chi connectivity index (χ2n) is 3.89. The van der Waals surface area contributed by atoms with Gasteiger partial charge in [-0.25, -0.2) is 8.78 Å². The van der Waals surface area contributed by atoms with Crippen LogP contribution >= 0.6 is 0 Å². The molecule has 1 heterocycles. The summed E-state index contributed by atoms with van der Waals surface area (Å²) in [5.41, 5.74) is 3.30. The summed E-state index contributed by atoms with van der Waals surface area (Å²) in [6.07, 6.45) is 0.117. The second kappa shape index (κ2) is 2.90. The fourth-order valence-electron chi connectivity index (χ4n) is 1.49. The van der Waals surface area contributed by atoms with Crippen molar-refractivity contribution in [3.8, 4) is 0 Å². The third kappa shape index (κ3) is 1.52. The maximum absolute atomic E-state index is 13.4. The van der Waals surface area contributed by atoms with Gasteiger partial charge in [-0.1, -0.05) is 0 Å². The first-order valence-electron chi connectivity index (χ1n) is 4.16. The molecule has 0 aromatic heterocycles. The largest absolute Gasteiger partial charge is 0.369 e. The molecular weight excluding hydrogens is 178 g/mol. The second-order valence-corrected chi connectivity index (χ2v) is 3.89. The zero-order valence-corrected chi connectivity index (χ0v) is 7.81. The minimum atomic E-state index is -3.02. The Kier molecular flexibility index (Phi) is 2.32. The lowest BCUT2D eigenvalue weighted by molar-refractivity contribution is -0.173. The molecule has 0 spiro atoms. The Morgan fingerprint density at radius 3 is 2.46 bits per heavy atom. The Balaban J connectivity index is 2.92. The van der Waals surface area contributed by atoms with Gasteiger partial charge in [0, 0.05) is 0 Å². The zero-order chi connectivity index (χ0) is 10.3. The SMILES string of the molecule is CN1CCC(C)(C(N)=O)C(F)(F)C1. The molecule has 1 rings (SSSR count). The van der Waals surface area contributed by atoms with Crippen LogP contribution in [0, 0.1) is 5.41 Å². The molecule has 1 fully saturated rings. The maximum Gasteiger partial charge on any atom is 0.274 e. The number of halogens is 2. The number of nitrogens with zero attached hydrogens (tertiary/aromatic N) is 1. The van der Waals surface area contributed by atoms with E-state index >= 15 is 0 Å². The number of carbonyl (C=O) groups is 1.